The maximum atomic E-state index is 14.2. The minimum Gasteiger partial charge on any atom is -0.271 e. The Kier molecular flexibility index (Phi) is 4.52. The minimum absolute atomic E-state index is 0.0874. The lowest BCUT2D eigenvalue weighted by molar-refractivity contribution is 0.506. The van der Waals surface area contributed by atoms with Gasteiger partial charge in [0.15, 0.2) is 0 Å². The van der Waals surface area contributed by atoms with E-state index in [1.54, 1.807) is 0 Å². The lowest BCUT2D eigenvalue weighted by Gasteiger charge is -2.21. The summed E-state index contributed by atoms with van der Waals surface area (Å²) in [7, 11) is 0. The van der Waals surface area contributed by atoms with Crippen molar-refractivity contribution in [3.63, 3.8) is 0 Å². The van der Waals surface area contributed by atoms with E-state index in [0.29, 0.717) is 0 Å². The summed E-state index contributed by atoms with van der Waals surface area (Å²) >= 11 is 3.07. The first-order valence-corrected chi connectivity index (χ1v) is 6.91. The van der Waals surface area contributed by atoms with Gasteiger partial charge in [0.1, 0.15) is 11.6 Å². The number of hydrazine groups is 1. The second kappa shape index (κ2) is 5.99. The molecule has 20 heavy (non-hydrogen) atoms. The number of halogens is 3. The zero-order chi connectivity index (χ0) is 14.9. The van der Waals surface area contributed by atoms with Gasteiger partial charge in [-0.15, -0.1) is 0 Å². The molecule has 0 saturated heterocycles. The third-order valence-corrected chi connectivity index (χ3v) is 3.89. The molecule has 0 heterocycles. The van der Waals surface area contributed by atoms with Crippen LogP contribution in [0.2, 0.25) is 0 Å². The molecule has 0 aromatic heterocycles. The maximum Gasteiger partial charge on any atom is 0.145 e. The van der Waals surface area contributed by atoms with Crippen molar-refractivity contribution >= 4 is 15.9 Å². The van der Waals surface area contributed by atoms with Gasteiger partial charge in [-0.25, -0.2) is 14.2 Å². The van der Waals surface area contributed by atoms with Gasteiger partial charge in [0.2, 0.25) is 0 Å². The first kappa shape index (κ1) is 15.1. The standard InChI is InChI=1S/C15H15BrF2N2/c1-8-3-4-9(2)10(7-8)15(20-19)13-12(17)6-5-11(16)14(13)18/h3-7,15,20H,19H2,1-2H3. The molecule has 2 aromatic rings. The van der Waals surface area contributed by atoms with Gasteiger partial charge in [0, 0.05) is 5.56 Å². The van der Waals surface area contributed by atoms with Crippen LogP contribution in [0.4, 0.5) is 8.78 Å². The minimum atomic E-state index is -0.743. The number of rotatable bonds is 3. The monoisotopic (exact) mass is 340 g/mol. The highest BCUT2D eigenvalue weighted by molar-refractivity contribution is 9.10. The molecule has 1 atom stereocenters. The molecule has 106 valence electrons. The van der Waals surface area contributed by atoms with E-state index in [-0.39, 0.29) is 10.0 Å². The van der Waals surface area contributed by atoms with Crippen LogP contribution in [0.3, 0.4) is 0 Å². The lowest BCUT2D eigenvalue weighted by atomic mass is 9.93. The van der Waals surface area contributed by atoms with Crippen LogP contribution in [-0.2, 0) is 0 Å². The van der Waals surface area contributed by atoms with Crippen LogP contribution in [0.5, 0.6) is 0 Å². The average molecular weight is 341 g/mol. The number of hydrogen-bond acceptors (Lipinski definition) is 2. The van der Waals surface area contributed by atoms with Crippen molar-refractivity contribution < 1.29 is 8.78 Å². The summed E-state index contributed by atoms with van der Waals surface area (Å²) in [5.41, 5.74) is 5.09. The highest BCUT2D eigenvalue weighted by Gasteiger charge is 2.24. The first-order valence-electron chi connectivity index (χ1n) is 6.12. The highest BCUT2D eigenvalue weighted by Crippen LogP contribution is 2.32. The number of aryl methyl sites for hydroxylation is 2. The van der Waals surface area contributed by atoms with E-state index < -0.39 is 17.7 Å². The summed E-state index contributed by atoms with van der Waals surface area (Å²) in [6, 6.07) is 7.54. The zero-order valence-electron chi connectivity index (χ0n) is 11.2. The second-order valence-electron chi connectivity index (χ2n) is 4.72. The van der Waals surface area contributed by atoms with Gasteiger partial charge in [-0.05, 0) is 53.0 Å². The van der Waals surface area contributed by atoms with Crippen molar-refractivity contribution in [2.75, 3.05) is 0 Å². The van der Waals surface area contributed by atoms with Crippen molar-refractivity contribution in [1.29, 1.82) is 0 Å². The molecule has 0 saturated carbocycles. The van der Waals surface area contributed by atoms with Crippen LogP contribution in [0.15, 0.2) is 34.8 Å². The van der Waals surface area contributed by atoms with Crippen LogP contribution in [-0.4, -0.2) is 0 Å². The topological polar surface area (TPSA) is 38.0 Å². The summed E-state index contributed by atoms with van der Waals surface area (Å²) in [6.07, 6.45) is 0. The molecular weight excluding hydrogens is 326 g/mol. The van der Waals surface area contributed by atoms with Crippen LogP contribution >= 0.6 is 15.9 Å². The Labute approximate surface area is 125 Å². The Morgan fingerprint density at radius 2 is 1.85 bits per heavy atom. The van der Waals surface area contributed by atoms with Crippen molar-refractivity contribution in [3.8, 4) is 0 Å². The molecule has 5 heteroatoms. The van der Waals surface area contributed by atoms with Gasteiger partial charge in [-0.1, -0.05) is 23.8 Å². The number of nitrogens with one attached hydrogen (secondary N) is 1. The van der Waals surface area contributed by atoms with E-state index in [2.05, 4.69) is 21.4 Å². The first-order chi connectivity index (χ1) is 9.45. The van der Waals surface area contributed by atoms with Gasteiger partial charge in [-0.2, -0.15) is 0 Å². The summed E-state index contributed by atoms with van der Waals surface area (Å²) in [5.74, 6) is 4.27. The molecule has 2 nitrogen and oxygen atoms in total. The van der Waals surface area contributed by atoms with Gasteiger partial charge in [0.25, 0.3) is 0 Å². The van der Waals surface area contributed by atoms with Gasteiger partial charge in [-0.3, -0.25) is 5.84 Å². The fourth-order valence-electron chi connectivity index (χ4n) is 2.21. The van der Waals surface area contributed by atoms with Crippen LogP contribution in [0.25, 0.3) is 0 Å². The second-order valence-corrected chi connectivity index (χ2v) is 5.57. The number of hydrogen-bond donors (Lipinski definition) is 2. The summed E-state index contributed by atoms with van der Waals surface area (Å²) in [6.45, 7) is 3.80. The van der Waals surface area contributed by atoms with Crippen LogP contribution < -0.4 is 11.3 Å². The molecular formula is C15H15BrF2N2. The molecule has 0 aliphatic heterocycles. The van der Waals surface area contributed by atoms with Crippen molar-refractivity contribution in [1.82, 2.24) is 5.43 Å². The van der Waals surface area contributed by atoms with Crippen LogP contribution in [0.1, 0.15) is 28.3 Å². The molecule has 0 aliphatic rings. The van der Waals surface area contributed by atoms with Gasteiger partial charge < -0.3 is 0 Å². The highest BCUT2D eigenvalue weighted by atomic mass is 79.9. The fraction of sp³-hybridized carbons (Fsp3) is 0.200. The van der Waals surface area contributed by atoms with Gasteiger partial charge >= 0.3 is 0 Å². The molecule has 0 radical (unpaired) electrons. The fourth-order valence-corrected chi connectivity index (χ4v) is 2.55. The SMILES string of the molecule is Cc1ccc(C)c(C(NN)c2c(F)ccc(Br)c2F)c1. The normalized spacial score (nSPS) is 12.5. The smallest absolute Gasteiger partial charge is 0.145 e. The molecule has 0 amide bonds. The maximum absolute atomic E-state index is 14.2. The molecule has 0 bridgehead atoms. The largest absolute Gasteiger partial charge is 0.271 e. The Balaban J connectivity index is 2.64. The predicted molar refractivity (Wildman–Crippen MR) is 79.1 cm³/mol. The van der Waals surface area contributed by atoms with Gasteiger partial charge in [0.05, 0.1) is 10.5 Å². The van der Waals surface area contributed by atoms with E-state index >= 15 is 0 Å². The molecule has 0 aliphatic carbocycles. The number of benzene rings is 2. The zero-order valence-corrected chi connectivity index (χ0v) is 12.8. The van der Waals surface area contributed by atoms with E-state index in [4.69, 9.17) is 5.84 Å². The Morgan fingerprint density at radius 1 is 1.15 bits per heavy atom. The van der Waals surface area contributed by atoms with E-state index in [1.807, 2.05) is 32.0 Å². The molecule has 3 N–H and O–H groups in total. The van der Waals surface area contributed by atoms with E-state index in [9.17, 15) is 8.78 Å². The average Bonchev–Trinajstić information content (AvgIpc) is 2.42. The molecule has 2 aromatic carbocycles. The molecule has 0 spiro atoms. The lowest BCUT2D eigenvalue weighted by Crippen LogP contribution is -2.31. The third kappa shape index (κ3) is 2.75. The molecule has 1 unspecified atom stereocenters. The Morgan fingerprint density at radius 3 is 2.50 bits per heavy atom. The van der Waals surface area contributed by atoms with E-state index in [1.165, 1.54) is 12.1 Å². The summed E-state index contributed by atoms with van der Waals surface area (Å²) in [5, 5.41) is 0. The van der Waals surface area contributed by atoms with E-state index in [0.717, 1.165) is 16.7 Å². The Hall–Kier alpha value is -1.30. The summed E-state index contributed by atoms with van der Waals surface area (Å²) < 4.78 is 28.5. The Bertz CT molecular complexity index is 644. The number of nitrogens with two attached hydrogens (primary N) is 1. The van der Waals surface area contributed by atoms with Crippen molar-refractivity contribution in [3.05, 3.63) is 68.7 Å². The quantitative estimate of drug-likeness (QED) is 0.505. The molecule has 0 fully saturated rings. The predicted octanol–water partition coefficient (Wildman–Crippen LogP) is 3.90. The van der Waals surface area contributed by atoms with Crippen LogP contribution in [0, 0.1) is 25.5 Å². The third-order valence-electron chi connectivity index (χ3n) is 3.28. The summed E-state index contributed by atoms with van der Waals surface area (Å²) in [4.78, 5) is 0. The molecule has 2 rings (SSSR count). The van der Waals surface area contributed by atoms with Crippen molar-refractivity contribution in [2.24, 2.45) is 5.84 Å². The van der Waals surface area contributed by atoms with Crippen molar-refractivity contribution in [2.45, 2.75) is 19.9 Å².